The van der Waals surface area contributed by atoms with Gasteiger partial charge in [0.2, 0.25) is 0 Å². The quantitative estimate of drug-likeness (QED) is 0.599. The number of halogens is 4. The molecule has 4 rings (SSSR count). The van der Waals surface area contributed by atoms with E-state index in [1.165, 1.54) is 22.8 Å². The van der Waals surface area contributed by atoms with Crippen molar-refractivity contribution in [2.75, 3.05) is 0 Å². The third-order valence-corrected chi connectivity index (χ3v) is 4.39. The van der Waals surface area contributed by atoms with E-state index in [9.17, 15) is 22.4 Å². The summed E-state index contributed by atoms with van der Waals surface area (Å²) in [7, 11) is 0. The van der Waals surface area contributed by atoms with Gasteiger partial charge in [0.1, 0.15) is 11.6 Å². The molecule has 0 bridgehead atoms. The van der Waals surface area contributed by atoms with Crippen molar-refractivity contribution in [2.24, 2.45) is 0 Å². The van der Waals surface area contributed by atoms with Gasteiger partial charge in [-0.1, -0.05) is 12.1 Å². The first-order chi connectivity index (χ1) is 12.3. The molecule has 0 spiro atoms. The molecule has 2 aromatic carbocycles. The number of hydrogen-bond donors (Lipinski definition) is 0. The predicted molar refractivity (Wildman–Crippen MR) is 89.9 cm³/mol. The number of hydrogen-bond acceptors (Lipinski definition) is 2. The third-order valence-electron chi connectivity index (χ3n) is 4.39. The van der Waals surface area contributed by atoms with Crippen molar-refractivity contribution in [3.8, 4) is 0 Å². The zero-order chi connectivity index (χ0) is 18.5. The minimum Gasteiger partial charge on any atom is -0.292 e. The summed E-state index contributed by atoms with van der Waals surface area (Å²) < 4.78 is 53.3. The highest BCUT2D eigenvalue weighted by Gasteiger charge is 2.31. The van der Waals surface area contributed by atoms with E-state index in [1.807, 2.05) is 0 Å². The lowest BCUT2D eigenvalue weighted by Crippen LogP contribution is -2.21. The summed E-state index contributed by atoms with van der Waals surface area (Å²) in [6.45, 7) is 0.408. The highest BCUT2D eigenvalue weighted by Crippen LogP contribution is 2.32. The Labute approximate surface area is 145 Å². The van der Waals surface area contributed by atoms with E-state index >= 15 is 0 Å². The third kappa shape index (κ3) is 2.79. The lowest BCUT2D eigenvalue weighted by molar-refractivity contribution is -0.137. The van der Waals surface area contributed by atoms with Gasteiger partial charge in [-0.05, 0) is 54.0 Å². The maximum absolute atomic E-state index is 13.0. The zero-order valence-corrected chi connectivity index (χ0v) is 13.3. The van der Waals surface area contributed by atoms with Gasteiger partial charge in [0.25, 0.3) is 5.56 Å². The van der Waals surface area contributed by atoms with Crippen LogP contribution in [0.5, 0.6) is 0 Å². The molecule has 1 aromatic heterocycles. The molecule has 0 amide bonds. The molecule has 7 heteroatoms. The van der Waals surface area contributed by atoms with Gasteiger partial charge in [0, 0.05) is 6.54 Å². The lowest BCUT2D eigenvalue weighted by atomic mass is 10.1. The van der Waals surface area contributed by atoms with Crippen LogP contribution in [-0.2, 0) is 12.7 Å². The highest BCUT2D eigenvalue weighted by molar-refractivity contribution is 5.85. The van der Waals surface area contributed by atoms with Gasteiger partial charge in [-0.2, -0.15) is 13.2 Å². The largest absolute Gasteiger partial charge is 0.416 e. The van der Waals surface area contributed by atoms with Crippen LogP contribution in [0, 0.1) is 5.82 Å². The topological polar surface area (TPSA) is 34.9 Å². The molecule has 0 saturated heterocycles. The fourth-order valence-corrected chi connectivity index (χ4v) is 3.09. The first-order valence-electron chi connectivity index (χ1n) is 7.91. The van der Waals surface area contributed by atoms with Gasteiger partial charge in [-0.15, -0.1) is 0 Å². The second kappa shape index (κ2) is 5.79. The summed E-state index contributed by atoms with van der Waals surface area (Å²) in [5.74, 6) is -0.00913. The van der Waals surface area contributed by atoms with E-state index in [-0.39, 0.29) is 22.3 Å². The maximum atomic E-state index is 13.0. The van der Waals surface area contributed by atoms with E-state index in [0.717, 1.165) is 23.3 Å². The zero-order valence-electron chi connectivity index (χ0n) is 13.3. The van der Waals surface area contributed by atoms with Crippen LogP contribution in [0.1, 0.15) is 23.4 Å². The van der Waals surface area contributed by atoms with Crippen molar-refractivity contribution < 1.29 is 17.6 Å². The van der Waals surface area contributed by atoms with E-state index < -0.39 is 11.7 Å². The Morgan fingerprint density at radius 2 is 1.81 bits per heavy atom. The first-order valence-corrected chi connectivity index (χ1v) is 7.91. The van der Waals surface area contributed by atoms with Gasteiger partial charge in [-0.3, -0.25) is 9.36 Å². The summed E-state index contributed by atoms with van der Waals surface area (Å²) in [4.78, 5) is 16.9. The summed E-state index contributed by atoms with van der Waals surface area (Å²) in [6, 6.07) is 8.77. The monoisotopic (exact) mass is 360 g/mol. The van der Waals surface area contributed by atoms with Crippen LogP contribution < -0.4 is 5.56 Å². The van der Waals surface area contributed by atoms with Crippen molar-refractivity contribution in [3.05, 3.63) is 75.6 Å². The van der Waals surface area contributed by atoms with Crippen LogP contribution in [0.2, 0.25) is 0 Å². The van der Waals surface area contributed by atoms with Crippen molar-refractivity contribution in [2.45, 2.75) is 19.1 Å². The molecule has 3 nitrogen and oxygen atoms in total. The van der Waals surface area contributed by atoms with Crippen LogP contribution in [0.15, 0.2) is 47.3 Å². The summed E-state index contributed by atoms with van der Waals surface area (Å²) in [5, 5.41) is 0.157. The van der Waals surface area contributed by atoms with Gasteiger partial charge in [0.05, 0.1) is 16.5 Å². The van der Waals surface area contributed by atoms with Crippen molar-refractivity contribution >= 4 is 22.6 Å². The number of fused-ring (bicyclic) bond motifs is 2. The molecule has 1 aliphatic rings. The number of aromatic nitrogens is 2. The first kappa shape index (κ1) is 16.5. The van der Waals surface area contributed by atoms with Crippen LogP contribution in [0.25, 0.3) is 22.6 Å². The molecule has 0 aliphatic carbocycles. The summed E-state index contributed by atoms with van der Waals surface area (Å²) in [5.41, 5.74) is 0.273. The van der Waals surface area contributed by atoms with E-state index in [1.54, 1.807) is 18.2 Å². The van der Waals surface area contributed by atoms with Crippen molar-refractivity contribution in [1.29, 1.82) is 0 Å². The maximum Gasteiger partial charge on any atom is 0.416 e. The Balaban J connectivity index is 1.87. The average molecular weight is 360 g/mol. The Morgan fingerprint density at radius 1 is 1.08 bits per heavy atom. The van der Waals surface area contributed by atoms with E-state index in [4.69, 9.17) is 0 Å². The van der Waals surface area contributed by atoms with Gasteiger partial charge >= 0.3 is 6.18 Å². The smallest absolute Gasteiger partial charge is 0.292 e. The summed E-state index contributed by atoms with van der Waals surface area (Å²) >= 11 is 0. The fraction of sp³-hybridized carbons (Fsp3) is 0.158. The Kier molecular flexibility index (Phi) is 3.68. The molecule has 2 heterocycles. The predicted octanol–water partition coefficient (Wildman–Crippen LogP) is 4.50. The average Bonchev–Trinajstić information content (AvgIpc) is 2.99. The molecule has 0 fully saturated rings. The molecule has 0 N–H and O–H groups in total. The molecule has 3 aromatic rings. The summed E-state index contributed by atoms with van der Waals surface area (Å²) in [6.07, 6.45) is -2.20. The molecule has 0 radical (unpaired) electrons. The molecule has 0 atom stereocenters. The molecule has 26 heavy (non-hydrogen) atoms. The Morgan fingerprint density at radius 3 is 2.50 bits per heavy atom. The van der Waals surface area contributed by atoms with Gasteiger partial charge in [-0.25, -0.2) is 9.37 Å². The minimum atomic E-state index is -4.50. The fourth-order valence-electron chi connectivity index (χ4n) is 3.09. The Bertz CT molecular complexity index is 1100. The van der Waals surface area contributed by atoms with Crippen LogP contribution >= 0.6 is 0 Å². The van der Waals surface area contributed by atoms with Gasteiger partial charge < -0.3 is 0 Å². The number of alkyl halides is 3. The standard InChI is InChI=1S/C19H12F4N2O/c20-14-4-1-11(2-5-14)9-12-7-8-25-17(12)24-16-10-13(19(21,22)23)3-6-15(16)18(25)26/h1-6,9-10H,7-8H2/b12-9-. The SMILES string of the molecule is O=c1c2ccc(C(F)(F)F)cc2nc2n1CC/C2=C/c1ccc(F)cc1. The molecule has 0 saturated carbocycles. The van der Waals surface area contributed by atoms with Crippen LogP contribution in [0.4, 0.5) is 17.6 Å². The van der Waals surface area contributed by atoms with Crippen LogP contribution in [0.3, 0.4) is 0 Å². The van der Waals surface area contributed by atoms with Gasteiger partial charge in [0.15, 0.2) is 0 Å². The molecule has 1 aliphatic heterocycles. The second-order valence-electron chi connectivity index (χ2n) is 6.09. The Hall–Kier alpha value is -2.96. The minimum absolute atomic E-state index is 0.0166. The number of allylic oxidation sites excluding steroid dienone is 1. The molecular formula is C19H12F4N2O. The number of nitrogens with zero attached hydrogens (tertiary/aromatic N) is 2. The van der Waals surface area contributed by atoms with Crippen LogP contribution in [-0.4, -0.2) is 9.55 Å². The number of benzene rings is 2. The van der Waals surface area contributed by atoms with Crippen molar-refractivity contribution in [3.63, 3.8) is 0 Å². The molecule has 0 unspecified atom stereocenters. The number of rotatable bonds is 1. The van der Waals surface area contributed by atoms with E-state index in [2.05, 4.69) is 4.98 Å². The second-order valence-corrected chi connectivity index (χ2v) is 6.09. The molecule has 132 valence electrons. The van der Waals surface area contributed by atoms with E-state index in [0.29, 0.717) is 18.8 Å². The molecular weight excluding hydrogens is 348 g/mol. The highest BCUT2D eigenvalue weighted by atomic mass is 19.4. The normalized spacial score (nSPS) is 15.6. The lowest BCUT2D eigenvalue weighted by Gasteiger charge is -2.09. The van der Waals surface area contributed by atoms with Crippen molar-refractivity contribution in [1.82, 2.24) is 9.55 Å².